The molecule has 1 rings (SSSR count). The van der Waals surface area contributed by atoms with E-state index < -0.39 is 23.5 Å². The average Bonchev–Trinajstić information content (AvgIpc) is 2.53. The van der Waals surface area contributed by atoms with Crippen LogP contribution in [-0.4, -0.2) is 35.0 Å². The highest BCUT2D eigenvalue weighted by atomic mass is 32.2. The van der Waals surface area contributed by atoms with Crippen molar-refractivity contribution in [1.29, 1.82) is 0 Å². The highest BCUT2D eigenvalue weighted by Crippen LogP contribution is 2.28. The van der Waals surface area contributed by atoms with E-state index in [9.17, 15) is 14.4 Å². The summed E-state index contributed by atoms with van der Waals surface area (Å²) in [4.78, 5) is 34.4. The number of carbonyl (C=O) groups is 3. The van der Waals surface area contributed by atoms with Crippen molar-refractivity contribution in [1.82, 2.24) is 0 Å². The molecule has 1 saturated heterocycles. The summed E-state index contributed by atoms with van der Waals surface area (Å²) in [5.41, 5.74) is -0.641. The Morgan fingerprint density at radius 1 is 1.44 bits per heavy atom. The van der Waals surface area contributed by atoms with Crippen molar-refractivity contribution in [3.05, 3.63) is 0 Å². The van der Waals surface area contributed by atoms with Gasteiger partial charge in [-0.15, -0.1) is 0 Å². The van der Waals surface area contributed by atoms with Crippen molar-refractivity contribution in [3.63, 3.8) is 0 Å². The summed E-state index contributed by atoms with van der Waals surface area (Å²) in [6, 6.07) is 0. The van der Waals surface area contributed by atoms with Gasteiger partial charge in [-0.2, -0.15) is 0 Å². The monoisotopic (exact) mass is 274 g/mol. The van der Waals surface area contributed by atoms with E-state index in [4.69, 9.17) is 9.47 Å². The van der Waals surface area contributed by atoms with Gasteiger partial charge < -0.3 is 9.47 Å². The molecule has 2 atom stereocenters. The van der Waals surface area contributed by atoms with Gasteiger partial charge in [-0.3, -0.25) is 14.4 Å². The summed E-state index contributed by atoms with van der Waals surface area (Å²) in [5, 5.41) is -0.0442. The van der Waals surface area contributed by atoms with Gasteiger partial charge in [0.2, 0.25) is 0 Å². The largest absolute Gasteiger partial charge is 0.465 e. The number of carbonyl (C=O) groups excluding carboxylic acids is 3. The van der Waals surface area contributed by atoms with E-state index in [0.29, 0.717) is 5.75 Å². The van der Waals surface area contributed by atoms with Gasteiger partial charge in [0.25, 0.3) is 0 Å². The molecule has 0 unspecified atom stereocenters. The van der Waals surface area contributed by atoms with Crippen molar-refractivity contribution in [2.24, 2.45) is 11.8 Å². The van der Waals surface area contributed by atoms with Crippen molar-refractivity contribution in [3.8, 4) is 0 Å². The zero-order valence-corrected chi connectivity index (χ0v) is 11.8. The molecule has 0 N–H and O–H groups in total. The minimum atomic E-state index is -0.906. The normalized spacial score (nSPS) is 23.7. The molecule has 0 aromatic carbocycles. The number of cyclic esters (lactones) is 1. The van der Waals surface area contributed by atoms with Crippen molar-refractivity contribution < 1.29 is 23.9 Å². The first-order valence-electron chi connectivity index (χ1n) is 5.73. The van der Waals surface area contributed by atoms with E-state index in [-0.39, 0.29) is 17.6 Å². The van der Waals surface area contributed by atoms with E-state index in [1.165, 1.54) is 6.92 Å². The lowest BCUT2D eigenvalue weighted by Gasteiger charge is -2.22. The molecule has 5 nitrogen and oxygen atoms in total. The number of esters is 2. The first-order chi connectivity index (χ1) is 8.20. The van der Waals surface area contributed by atoms with Gasteiger partial charge in [0, 0.05) is 18.6 Å². The SMILES string of the molecule is CC(=O)SC[C@@H]1COC(=O)[C@H]1C(=O)OC(C)(C)C. The molecule has 0 bridgehead atoms. The van der Waals surface area contributed by atoms with Crippen molar-refractivity contribution in [2.45, 2.75) is 33.3 Å². The zero-order valence-electron chi connectivity index (χ0n) is 11.0. The molecule has 0 aromatic heterocycles. The summed E-state index contributed by atoms with van der Waals surface area (Å²) in [6.07, 6.45) is 0. The number of hydrogen-bond donors (Lipinski definition) is 0. The molecule has 1 aliphatic heterocycles. The average molecular weight is 274 g/mol. The number of rotatable bonds is 3. The van der Waals surface area contributed by atoms with Crippen LogP contribution in [0, 0.1) is 11.8 Å². The Bertz CT molecular complexity index is 358. The van der Waals surface area contributed by atoms with Gasteiger partial charge in [-0.25, -0.2) is 0 Å². The molecule has 0 saturated carbocycles. The number of hydrogen-bond acceptors (Lipinski definition) is 6. The minimum absolute atomic E-state index is 0.0442. The molecule has 102 valence electrons. The van der Waals surface area contributed by atoms with E-state index in [2.05, 4.69) is 0 Å². The number of ether oxygens (including phenoxy) is 2. The lowest BCUT2D eigenvalue weighted by molar-refractivity contribution is -0.165. The first-order valence-corrected chi connectivity index (χ1v) is 6.72. The van der Waals surface area contributed by atoms with E-state index in [0.717, 1.165) is 11.8 Å². The standard InChI is InChI=1S/C12H18O5S/c1-7(13)18-6-8-5-16-10(14)9(8)11(15)17-12(2,3)4/h8-9H,5-6H2,1-4H3/t8-,9-/m0/s1. The lowest BCUT2D eigenvalue weighted by Crippen LogP contribution is -2.34. The maximum absolute atomic E-state index is 11.9. The molecular weight excluding hydrogens is 256 g/mol. The maximum atomic E-state index is 11.9. The molecule has 0 spiro atoms. The smallest absolute Gasteiger partial charge is 0.321 e. The van der Waals surface area contributed by atoms with Crippen LogP contribution in [0.2, 0.25) is 0 Å². The Hall–Kier alpha value is -1.04. The molecule has 0 aliphatic carbocycles. The summed E-state index contributed by atoms with van der Waals surface area (Å²) >= 11 is 1.09. The third-order valence-corrected chi connectivity index (χ3v) is 3.33. The van der Waals surface area contributed by atoms with Crippen LogP contribution in [0.25, 0.3) is 0 Å². The van der Waals surface area contributed by atoms with Crippen LogP contribution >= 0.6 is 11.8 Å². The Balaban J connectivity index is 2.67. The summed E-state index contributed by atoms with van der Waals surface area (Å²) < 4.78 is 10.1. The predicted molar refractivity (Wildman–Crippen MR) is 66.9 cm³/mol. The van der Waals surface area contributed by atoms with Crippen LogP contribution in [0.5, 0.6) is 0 Å². The number of thioether (sulfide) groups is 1. The first kappa shape index (κ1) is 15.0. The summed E-state index contributed by atoms with van der Waals surface area (Å²) in [6.45, 7) is 6.84. The fraction of sp³-hybridized carbons (Fsp3) is 0.750. The van der Waals surface area contributed by atoms with E-state index in [1.54, 1.807) is 20.8 Å². The molecule has 1 aliphatic rings. The molecule has 0 aromatic rings. The van der Waals surface area contributed by atoms with E-state index in [1.807, 2.05) is 0 Å². The molecular formula is C12H18O5S. The molecule has 0 amide bonds. The molecule has 0 radical (unpaired) electrons. The second-order valence-corrected chi connectivity index (χ2v) is 6.40. The van der Waals surface area contributed by atoms with Gasteiger partial charge >= 0.3 is 11.9 Å². The Morgan fingerprint density at radius 3 is 2.56 bits per heavy atom. The van der Waals surface area contributed by atoms with Crippen LogP contribution in [0.1, 0.15) is 27.7 Å². The molecule has 1 fully saturated rings. The lowest BCUT2D eigenvalue weighted by atomic mass is 9.97. The Morgan fingerprint density at radius 2 is 2.06 bits per heavy atom. The Kier molecular flexibility index (Phi) is 4.78. The van der Waals surface area contributed by atoms with Crippen LogP contribution in [0.4, 0.5) is 0 Å². The summed E-state index contributed by atoms with van der Waals surface area (Å²) in [7, 11) is 0. The molecule has 1 heterocycles. The van der Waals surface area contributed by atoms with Gasteiger partial charge in [0.1, 0.15) is 5.60 Å². The Labute approximate surface area is 111 Å². The van der Waals surface area contributed by atoms with Gasteiger partial charge in [-0.05, 0) is 20.8 Å². The van der Waals surface area contributed by atoms with Crippen LogP contribution in [-0.2, 0) is 23.9 Å². The third kappa shape index (κ3) is 4.33. The maximum Gasteiger partial charge on any atom is 0.321 e. The minimum Gasteiger partial charge on any atom is -0.465 e. The highest BCUT2D eigenvalue weighted by molar-refractivity contribution is 8.13. The third-order valence-electron chi connectivity index (χ3n) is 2.33. The van der Waals surface area contributed by atoms with Gasteiger partial charge in [0.15, 0.2) is 11.0 Å². The molecule has 18 heavy (non-hydrogen) atoms. The fourth-order valence-electron chi connectivity index (χ4n) is 1.59. The van der Waals surface area contributed by atoms with Gasteiger partial charge in [-0.1, -0.05) is 11.8 Å². The quantitative estimate of drug-likeness (QED) is 0.572. The van der Waals surface area contributed by atoms with Crippen molar-refractivity contribution >= 4 is 28.8 Å². The molecule has 6 heteroatoms. The summed E-state index contributed by atoms with van der Waals surface area (Å²) in [5.74, 6) is -1.93. The van der Waals surface area contributed by atoms with Crippen LogP contribution in [0.15, 0.2) is 0 Å². The highest BCUT2D eigenvalue weighted by Gasteiger charge is 2.44. The second kappa shape index (κ2) is 5.73. The van der Waals surface area contributed by atoms with Crippen molar-refractivity contribution in [2.75, 3.05) is 12.4 Å². The predicted octanol–water partition coefficient (Wildman–Crippen LogP) is 1.40. The zero-order chi connectivity index (χ0) is 13.9. The topological polar surface area (TPSA) is 69.7 Å². The van der Waals surface area contributed by atoms with E-state index >= 15 is 0 Å². The second-order valence-electron chi connectivity index (χ2n) is 5.20. The van der Waals surface area contributed by atoms with Crippen LogP contribution < -0.4 is 0 Å². The fourth-order valence-corrected chi connectivity index (χ4v) is 2.33. The van der Waals surface area contributed by atoms with Crippen LogP contribution in [0.3, 0.4) is 0 Å². The van der Waals surface area contributed by atoms with Gasteiger partial charge in [0.05, 0.1) is 6.61 Å².